The summed E-state index contributed by atoms with van der Waals surface area (Å²) in [6.07, 6.45) is 9.76. The van der Waals surface area contributed by atoms with Crippen LogP contribution in [0.25, 0.3) is 10.9 Å². The Kier molecular flexibility index (Phi) is 4.80. The van der Waals surface area contributed by atoms with Crippen LogP contribution in [0.4, 0.5) is 0 Å². The molecule has 0 radical (unpaired) electrons. The van der Waals surface area contributed by atoms with Crippen LogP contribution >= 0.6 is 0 Å². The first kappa shape index (κ1) is 16.9. The summed E-state index contributed by atoms with van der Waals surface area (Å²) < 4.78 is 2.01. The van der Waals surface area contributed by atoms with Crippen molar-refractivity contribution in [3.05, 3.63) is 53.1 Å². The summed E-state index contributed by atoms with van der Waals surface area (Å²) in [6, 6.07) is 6.58. The fourth-order valence-electron chi connectivity index (χ4n) is 3.45. The summed E-state index contributed by atoms with van der Waals surface area (Å²) in [4.78, 5) is 3.71. The van der Waals surface area contributed by atoms with Crippen molar-refractivity contribution in [2.45, 2.75) is 30.4 Å². The molecular weight excluding hydrogens is 337 g/mol. The van der Waals surface area contributed by atoms with E-state index >= 15 is 0 Å². The molecule has 1 atom stereocenters. The van der Waals surface area contributed by atoms with Gasteiger partial charge in [-0.3, -0.25) is 0 Å². The van der Waals surface area contributed by atoms with Crippen LogP contribution in [0, 0.1) is 13.8 Å². The fraction of sp³-hybridized carbons (Fsp3) is 0.294. The quantitative estimate of drug-likeness (QED) is 0.598. The first-order valence-corrected chi connectivity index (χ1v) is 8.51. The van der Waals surface area contributed by atoms with Crippen molar-refractivity contribution in [3.8, 4) is 0 Å². The van der Waals surface area contributed by atoms with Gasteiger partial charge in [-0.05, 0) is 0 Å². The Bertz CT molecular complexity index is 745. The third-order valence-electron chi connectivity index (χ3n) is 4.67. The molecule has 0 bridgehead atoms. The number of hydrogen-bond donors (Lipinski definition) is 1. The number of benzene rings is 1. The second-order valence-electron chi connectivity index (χ2n) is 5.77. The van der Waals surface area contributed by atoms with E-state index in [9.17, 15) is 0 Å². The number of hydrogen-bond acceptors (Lipinski definition) is 0. The third-order valence-corrected chi connectivity index (χ3v) is 7.69. The SMILES string of the molecule is Cc1cccc2[nH][c]([Ti+2][C]34C=CC=C3CC4)c(C)c12.[Cl-].[Cl-]. The number of rotatable bonds is 2. The summed E-state index contributed by atoms with van der Waals surface area (Å²) in [7, 11) is 0. The predicted octanol–water partition coefficient (Wildman–Crippen LogP) is -2.05. The van der Waals surface area contributed by atoms with Crippen molar-refractivity contribution < 1.29 is 44.0 Å². The van der Waals surface area contributed by atoms with Crippen LogP contribution in [-0.2, 0) is 19.2 Å². The van der Waals surface area contributed by atoms with Crippen LogP contribution in [0.15, 0.2) is 42.0 Å². The standard InChI is InChI=1S/C10H10N.C7H7.2ClH.Ti/c1-7-4-3-5-9-10(7)8(2)6-11-9;1-2-6-4-5-7(6)3-1;;;/h3-5,11H,1-2H3;1-3H,4-5H2;2*1H;/q;;;;+2/p-2. The molecule has 1 nitrogen and oxygen atoms in total. The van der Waals surface area contributed by atoms with Crippen LogP contribution in [-0.4, -0.2) is 4.98 Å². The van der Waals surface area contributed by atoms with Gasteiger partial charge >= 0.3 is 123 Å². The Morgan fingerprint density at radius 1 is 1.19 bits per heavy atom. The van der Waals surface area contributed by atoms with Crippen molar-refractivity contribution in [2.75, 3.05) is 0 Å². The van der Waals surface area contributed by atoms with Crippen molar-refractivity contribution in [3.63, 3.8) is 0 Å². The maximum Gasteiger partial charge on any atom is -1.00 e. The first-order chi connectivity index (χ1) is 9.20. The number of fused-ring (bicyclic) bond motifs is 2. The van der Waals surface area contributed by atoms with Crippen LogP contribution in [0.3, 0.4) is 0 Å². The molecule has 1 aromatic carbocycles. The third kappa shape index (κ3) is 2.45. The first-order valence-electron chi connectivity index (χ1n) is 6.95. The molecule has 1 unspecified atom stereocenters. The number of nitrogens with one attached hydrogen (secondary N) is 1. The van der Waals surface area contributed by atoms with E-state index in [4.69, 9.17) is 0 Å². The van der Waals surface area contributed by atoms with E-state index in [0.717, 1.165) is 0 Å². The smallest absolute Gasteiger partial charge is 1.00 e. The number of aromatic nitrogens is 1. The molecule has 108 valence electrons. The van der Waals surface area contributed by atoms with Gasteiger partial charge in [0.05, 0.1) is 0 Å². The summed E-state index contributed by atoms with van der Waals surface area (Å²) in [5.74, 6) is 0. The molecule has 1 heterocycles. The van der Waals surface area contributed by atoms with E-state index in [1.807, 2.05) is 0 Å². The molecule has 1 aromatic heterocycles. The van der Waals surface area contributed by atoms with Gasteiger partial charge in [-0.15, -0.1) is 0 Å². The molecule has 1 fully saturated rings. The Hall–Kier alpha value is -0.466. The zero-order valence-electron chi connectivity index (χ0n) is 12.1. The van der Waals surface area contributed by atoms with E-state index in [0.29, 0.717) is 3.72 Å². The second kappa shape index (κ2) is 5.97. The van der Waals surface area contributed by atoms with Gasteiger partial charge in [0.25, 0.3) is 0 Å². The number of allylic oxidation sites excluding steroid dienone is 4. The van der Waals surface area contributed by atoms with Crippen LogP contribution < -0.4 is 28.8 Å². The molecule has 1 saturated carbocycles. The largest absolute Gasteiger partial charge is 1.00 e. The molecule has 0 saturated heterocycles. The maximum absolute atomic E-state index is 3.71. The van der Waals surface area contributed by atoms with Gasteiger partial charge in [-0.2, -0.15) is 0 Å². The Labute approximate surface area is 147 Å². The van der Waals surface area contributed by atoms with Gasteiger partial charge in [0, 0.05) is 0 Å². The van der Waals surface area contributed by atoms with Crippen molar-refractivity contribution >= 4 is 14.9 Å². The monoisotopic (exact) mass is 353 g/mol. The normalized spacial score (nSPS) is 21.7. The van der Waals surface area contributed by atoms with Gasteiger partial charge in [0.2, 0.25) is 0 Å². The molecule has 0 aliphatic heterocycles. The minimum absolute atomic E-state index is 0. The average molecular weight is 354 g/mol. The topological polar surface area (TPSA) is 15.8 Å². The van der Waals surface area contributed by atoms with Crippen molar-refractivity contribution in [1.82, 2.24) is 4.98 Å². The predicted molar refractivity (Wildman–Crippen MR) is 76.6 cm³/mol. The number of aryl methyl sites for hydroxylation is 2. The molecule has 0 spiro atoms. The Balaban J connectivity index is 0.000000807. The minimum atomic E-state index is -0.163. The van der Waals surface area contributed by atoms with E-state index < -0.39 is 0 Å². The van der Waals surface area contributed by atoms with Crippen molar-refractivity contribution in [2.24, 2.45) is 0 Å². The summed E-state index contributed by atoms with van der Waals surface area (Å²) >= 11 is -0.163. The Morgan fingerprint density at radius 2 is 2.00 bits per heavy atom. The van der Waals surface area contributed by atoms with Crippen molar-refractivity contribution in [1.29, 1.82) is 0 Å². The molecular formula is C17H17Cl2NTi. The molecule has 0 amide bonds. The summed E-state index contributed by atoms with van der Waals surface area (Å²) in [5, 5.41) is 1.45. The second-order valence-corrected chi connectivity index (χ2v) is 8.33. The minimum Gasteiger partial charge on any atom is -1.00 e. The van der Waals surface area contributed by atoms with Gasteiger partial charge < -0.3 is 24.8 Å². The van der Waals surface area contributed by atoms with Gasteiger partial charge in [-0.25, -0.2) is 0 Å². The van der Waals surface area contributed by atoms with E-state index in [-0.39, 0.29) is 44.0 Å². The number of halogens is 2. The summed E-state index contributed by atoms with van der Waals surface area (Å²) in [6.45, 7) is 4.51. The number of H-pyrrole nitrogens is 1. The molecule has 1 N–H and O–H groups in total. The zero-order valence-corrected chi connectivity index (χ0v) is 15.2. The zero-order chi connectivity index (χ0) is 13.0. The van der Waals surface area contributed by atoms with E-state index in [1.165, 1.54) is 34.9 Å². The van der Waals surface area contributed by atoms with E-state index in [1.54, 1.807) is 9.57 Å². The van der Waals surface area contributed by atoms with Crippen LogP contribution in [0.5, 0.6) is 0 Å². The molecule has 4 rings (SSSR count). The van der Waals surface area contributed by atoms with Gasteiger partial charge in [0.15, 0.2) is 0 Å². The van der Waals surface area contributed by atoms with Gasteiger partial charge in [-0.1, -0.05) is 0 Å². The molecule has 2 aromatic rings. The fourth-order valence-corrected chi connectivity index (χ4v) is 6.18. The maximum atomic E-state index is 3.71. The summed E-state index contributed by atoms with van der Waals surface area (Å²) in [5.41, 5.74) is 5.89. The van der Waals surface area contributed by atoms with Crippen LogP contribution in [0.2, 0.25) is 3.72 Å². The molecule has 21 heavy (non-hydrogen) atoms. The molecule has 2 aliphatic rings. The van der Waals surface area contributed by atoms with Crippen LogP contribution in [0.1, 0.15) is 24.0 Å². The average Bonchev–Trinajstić information content (AvgIpc) is 2.83. The van der Waals surface area contributed by atoms with E-state index in [2.05, 4.69) is 55.3 Å². The Morgan fingerprint density at radius 3 is 2.62 bits per heavy atom. The molecule has 2 aliphatic carbocycles. The molecule has 4 heteroatoms. The number of aromatic amines is 1. The van der Waals surface area contributed by atoms with Gasteiger partial charge in [0.1, 0.15) is 0 Å².